The van der Waals surface area contributed by atoms with Gasteiger partial charge < -0.3 is 18.9 Å². The lowest BCUT2D eigenvalue weighted by Gasteiger charge is -2.25. The van der Waals surface area contributed by atoms with Gasteiger partial charge in [0, 0.05) is 6.42 Å². The zero-order valence-corrected chi connectivity index (χ0v) is 24.5. The van der Waals surface area contributed by atoms with Crippen LogP contribution in [0.1, 0.15) is 64.7 Å². The van der Waals surface area contributed by atoms with Crippen molar-refractivity contribution in [1.29, 1.82) is 0 Å². The Morgan fingerprint density at radius 1 is 0.707 bits per heavy atom. The van der Waals surface area contributed by atoms with Gasteiger partial charge in [-0.3, -0.25) is 14.4 Å². The smallest absolute Gasteiger partial charge is 0.338 e. The second kappa shape index (κ2) is 16.2. The number of rotatable bonds is 14. The molecule has 3 atom stereocenters. The van der Waals surface area contributed by atoms with Crippen molar-refractivity contribution in [2.75, 3.05) is 13.2 Å². The summed E-state index contributed by atoms with van der Waals surface area (Å²) in [6.45, 7) is 17.2. The second-order valence-corrected chi connectivity index (χ2v) is 10.4. The fraction of sp³-hybridized carbons (Fsp3) is 0.469. The summed E-state index contributed by atoms with van der Waals surface area (Å²) in [4.78, 5) is 53.5. The molecular formula is C32H39NO8. The summed E-state index contributed by atoms with van der Waals surface area (Å²) in [5.41, 5.74) is 2.79. The van der Waals surface area contributed by atoms with Gasteiger partial charge in [-0.05, 0) is 57.4 Å². The van der Waals surface area contributed by atoms with Crippen LogP contribution < -0.4 is 0 Å². The van der Waals surface area contributed by atoms with Gasteiger partial charge in [-0.25, -0.2) is 9.64 Å². The van der Waals surface area contributed by atoms with Crippen LogP contribution >= 0.6 is 0 Å². The highest BCUT2D eigenvalue weighted by Crippen LogP contribution is 2.26. The highest BCUT2D eigenvalue weighted by Gasteiger charge is 2.36. The first kappa shape index (κ1) is 33.0. The van der Waals surface area contributed by atoms with Crippen LogP contribution in [0.3, 0.4) is 0 Å². The van der Waals surface area contributed by atoms with Gasteiger partial charge in [0.2, 0.25) is 0 Å². The van der Waals surface area contributed by atoms with Crippen molar-refractivity contribution in [1.82, 2.24) is 0 Å². The second-order valence-electron chi connectivity index (χ2n) is 10.4. The molecule has 0 radical (unpaired) electrons. The van der Waals surface area contributed by atoms with Gasteiger partial charge in [0.1, 0.15) is 0 Å². The molecule has 0 amide bonds. The molecule has 0 bridgehead atoms. The van der Waals surface area contributed by atoms with Crippen LogP contribution in [0.5, 0.6) is 0 Å². The Morgan fingerprint density at radius 2 is 1.22 bits per heavy atom. The Labute approximate surface area is 241 Å². The average Bonchev–Trinajstić information content (AvgIpc) is 2.94. The third kappa shape index (κ3) is 10.7. The van der Waals surface area contributed by atoms with Crippen molar-refractivity contribution < 1.29 is 38.1 Å². The summed E-state index contributed by atoms with van der Waals surface area (Å²) in [5, 5.41) is 0. The van der Waals surface area contributed by atoms with Crippen LogP contribution in [0, 0.1) is 24.3 Å². The number of esters is 4. The lowest BCUT2D eigenvalue weighted by molar-refractivity contribution is -0.166. The molecule has 0 N–H and O–H groups in total. The standard InChI is InChI=1S/C32H39NO8/c1-20(2)40-30(35)23(6)28(32(37)41-21(3)4)19-22(5)29(34)38-17-8-18-39-31(36)26-11-9-24(10-12-26)25-13-15-27(33-7)16-14-25/h9-16,20-23,28H,8,17-19H2,1-6H3. The first-order chi connectivity index (χ1) is 19.4. The SMILES string of the molecule is [C-]#[N+]c1ccc(-c2ccc(C(=O)OCCCOC(=O)C(C)CC(C(=O)OC(C)C)C(C)C(=O)OC(C)C)cc2)cc1. The minimum atomic E-state index is -0.864. The van der Waals surface area contributed by atoms with E-state index in [1.807, 2.05) is 12.1 Å². The maximum atomic E-state index is 12.7. The maximum absolute atomic E-state index is 12.7. The number of ether oxygens (including phenoxy) is 4. The highest BCUT2D eigenvalue weighted by molar-refractivity contribution is 5.90. The monoisotopic (exact) mass is 565 g/mol. The lowest BCUT2D eigenvalue weighted by Crippen LogP contribution is -2.35. The summed E-state index contributed by atoms with van der Waals surface area (Å²) >= 11 is 0. The maximum Gasteiger partial charge on any atom is 0.338 e. The molecule has 41 heavy (non-hydrogen) atoms. The Bertz CT molecular complexity index is 1210. The minimum absolute atomic E-state index is 0.0298. The van der Waals surface area contributed by atoms with E-state index in [2.05, 4.69) is 4.85 Å². The summed E-state index contributed by atoms with van der Waals surface area (Å²) < 4.78 is 21.2. The van der Waals surface area contributed by atoms with Crippen molar-refractivity contribution in [3.8, 4) is 11.1 Å². The van der Waals surface area contributed by atoms with E-state index < -0.39 is 41.6 Å². The molecule has 2 rings (SSSR count). The Balaban J connectivity index is 1.82. The normalized spacial score (nSPS) is 13.0. The van der Waals surface area contributed by atoms with Gasteiger partial charge in [0.25, 0.3) is 0 Å². The molecule has 9 heteroatoms. The van der Waals surface area contributed by atoms with Gasteiger partial charge in [-0.15, -0.1) is 0 Å². The van der Waals surface area contributed by atoms with Crippen molar-refractivity contribution >= 4 is 29.6 Å². The van der Waals surface area contributed by atoms with Crippen molar-refractivity contribution in [2.24, 2.45) is 17.8 Å². The van der Waals surface area contributed by atoms with Gasteiger partial charge in [0.15, 0.2) is 5.69 Å². The molecule has 0 spiro atoms. The molecule has 9 nitrogen and oxygen atoms in total. The molecule has 2 aromatic rings. The summed E-state index contributed by atoms with van der Waals surface area (Å²) in [6, 6.07) is 14.1. The van der Waals surface area contributed by atoms with Crippen LogP contribution in [0.4, 0.5) is 5.69 Å². The van der Waals surface area contributed by atoms with E-state index in [0.717, 1.165) is 11.1 Å². The van der Waals surface area contributed by atoms with Crippen molar-refractivity contribution in [2.45, 2.75) is 66.6 Å². The molecule has 2 aromatic carbocycles. The molecule has 0 fully saturated rings. The summed E-state index contributed by atoms with van der Waals surface area (Å²) in [5.74, 6) is -4.44. The quantitative estimate of drug-likeness (QED) is 0.116. The van der Waals surface area contributed by atoms with Crippen molar-refractivity contribution in [3.63, 3.8) is 0 Å². The first-order valence-electron chi connectivity index (χ1n) is 13.8. The van der Waals surface area contributed by atoms with Crippen LogP contribution in [0.15, 0.2) is 48.5 Å². The zero-order chi connectivity index (χ0) is 30.5. The lowest BCUT2D eigenvalue weighted by atomic mass is 9.85. The van der Waals surface area contributed by atoms with Gasteiger partial charge in [-0.1, -0.05) is 50.2 Å². The molecule has 0 heterocycles. The van der Waals surface area contributed by atoms with E-state index in [1.54, 1.807) is 77.9 Å². The molecule has 0 aliphatic rings. The number of carbonyl (C=O) groups excluding carboxylic acids is 4. The van der Waals surface area contributed by atoms with Crippen LogP contribution in [0.2, 0.25) is 0 Å². The molecule has 0 saturated heterocycles. The number of carbonyl (C=O) groups is 4. The van der Waals surface area contributed by atoms with Gasteiger partial charge in [-0.2, -0.15) is 0 Å². The summed E-state index contributed by atoms with van der Waals surface area (Å²) in [7, 11) is 0. The third-order valence-electron chi connectivity index (χ3n) is 6.21. The molecule has 0 aliphatic heterocycles. The average molecular weight is 566 g/mol. The third-order valence-corrected chi connectivity index (χ3v) is 6.21. The van der Waals surface area contributed by atoms with E-state index >= 15 is 0 Å². The number of benzene rings is 2. The fourth-order valence-electron chi connectivity index (χ4n) is 3.95. The Morgan fingerprint density at radius 3 is 1.76 bits per heavy atom. The zero-order valence-electron chi connectivity index (χ0n) is 24.5. The van der Waals surface area contributed by atoms with E-state index in [9.17, 15) is 19.2 Å². The van der Waals surface area contributed by atoms with E-state index in [0.29, 0.717) is 17.7 Å². The van der Waals surface area contributed by atoms with E-state index in [1.165, 1.54) is 0 Å². The van der Waals surface area contributed by atoms with Crippen LogP contribution in [-0.4, -0.2) is 49.3 Å². The number of hydrogen-bond acceptors (Lipinski definition) is 8. The van der Waals surface area contributed by atoms with Crippen LogP contribution in [-0.2, 0) is 33.3 Å². The highest BCUT2D eigenvalue weighted by atomic mass is 16.6. The Kier molecular flexibility index (Phi) is 13.0. The molecule has 3 unspecified atom stereocenters. The largest absolute Gasteiger partial charge is 0.465 e. The van der Waals surface area contributed by atoms with Gasteiger partial charge in [0.05, 0.1) is 55.3 Å². The predicted molar refractivity (Wildman–Crippen MR) is 153 cm³/mol. The van der Waals surface area contributed by atoms with Crippen LogP contribution in [0.25, 0.3) is 16.0 Å². The molecular weight excluding hydrogens is 526 g/mol. The molecule has 0 aromatic heterocycles. The topological polar surface area (TPSA) is 110 Å². The van der Waals surface area contributed by atoms with Gasteiger partial charge >= 0.3 is 23.9 Å². The molecule has 0 aliphatic carbocycles. The Hall–Kier alpha value is -4.19. The first-order valence-corrected chi connectivity index (χ1v) is 13.8. The van der Waals surface area contributed by atoms with Crippen molar-refractivity contribution in [3.05, 3.63) is 65.5 Å². The molecule has 220 valence electrons. The van der Waals surface area contributed by atoms with E-state index in [4.69, 9.17) is 25.5 Å². The predicted octanol–water partition coefficient (Wildman–Crippen LogP) is 6.18. The minimum Gasteiger partial charge on any atom is -0.465 e. The number of hydrogen-bond donors (Lipinski definition) is 0. The fourth-order valence-corrected chi connectivity index (χ4v) is 3.95. The summed E-state index contributed by atoms with van der Waals surface area (Å²) in [6.07, 6.45) is -0.346. The molecule has 0 saturated carbocycles. The van der Waals surface area contributed by atoms with E-state index in [-0.39, 0.29) is 31.8 Å². The number of nitrogens with zero attached hydrogens (tertiary/aromatic N) is 1.